The van der Waals surface area contributed by atoms with Gasteiger partial charge in [0.15, 0.2) is 10.8 Å². The number of nitrogens with two attached hydrogens (primary N) is 1. The van der Waals surface area contributed by atoms with E-state index in [4.69, 9.17) is 25.5 Å². The molecule has 2 unspecified atom stereocenters. The summed E-state index contributed by atoms with van der Waals surface area (Å²) in [4.78, 5) is 44.7. The molecule has 16 heteroatoms. The number of rotatable bonds is 8. The number of β-lactam (4-membered cyclic amide) rings is 1. The van der Waals surface area contributed by atoms with E-state index < -0.39 is 57.9 Å². The van der Waals surface area contributed by atoms with E-state index in [2.05, 4.69) is 15.5 Å². The number of hydrogen-bond donors (Lipinski definition) is 4. The van der Waals surface area contributed by atoms with Crippen LogP contribution in [0.1, 0.15) is 26.0 Å². The van der Waals surface area contributed by atoms with Gasteiger partial charge in [0.05, 0.1) is 18.5 Å². The van der Waals surface area contributed by atoms with Gasteiger partial charge < -0.3 is 21.0 Å². The van der Waals surface area contributed by atoms with E-state index in [0.717, 1.165) is 11.3 Å². The first-order valence-corrected chi connectivity index (χ1v) is 10.3. The Labute approximate surface area is 173 Å². The number of nitrogen functional groups attached to an aromatic ring is 1. The molecule has 2 heterocycles. The zero-order valence-corrected chi connectivity index (χ0v) is 17.1. The fourth-order valence-electron chi connectivity index (χ4n) is 2.26. The minimum atomic E-state index is -4.93. The highest BCUT2D eigenvalue weighted by Gasteiger charge is 2.54. The van der Waals surface area contributed by atoms with Gasteiger partial charge in [-0.15, -0.1) is 11.3 Å². The molecule has 0 saturated carbocycles. The molecule has 0 aliphatic carbocycles. The standard InChI is InChI=1S/C14H16N6O8S2/c1-14(2,12(23)24)28-19-8(6-5-29-13(16)17-6)10(21)18-9-7(3-4-15)20(11(9)22)30(25,26)27/h5,7,9H,3H2,1-2H3,(H2,16,17)(H,18,21)(H,23,24)(H,25,26,27)/b19-8-. The Hall–Kier alpha value is -3.29. The monoisotopic (exact) mass is 460 g/mol. The van der Waals surface area contributed by atoms with Crippen molar-refractivity contribution in [2.75, 3.05) is 5.73 Å². The quantitative estimate of drug-likeness (QED) is 0.155. The molecule has 1 aliphatic heterocycles. The molecule has 0 spiro atoms. The Kier molecular flexibility index (Phi) is 6.30. The van der Waals surface area contributed by atoms with Crippen LogP contribution in [0.15, 0.2) is 10.5 Å². The number of carbonyl (C=O) groups is 3. The maximum Gasteiger partial charge on any atom is 0.362 e. The molecule has 1 aliphatic rings. The summed E-state index contributed by atoms with van der Waals surface area (Å²) in [5.41, 5.74) is 3.09. The van der Waals surface area contributed by atoms with Gasteiger partial charge in [0.25, 0.3) is 11.8 Å². The Balaban J connectivity index is 2.32. The second-order valence-electron chi connectivity index (χ2n) is 6.41. The highest BCUT2D eigenvalue weighted by molar-refractivity contribution is 7.84. The first-order valence-electron chi connectivity index (χ1n) is 7.99. The Morgan fingerprint density at radius 3 is 2.63 bits per heavy atom. The summed E-state index contributed by atoms with van der Waals surface area (Å²) in [7, 11) is -4.93. The van der Waals surface area contributed by atoms with Crippen LogP contribution in [-0.4, -0.2) is 68.5 Å². The van der Waals surface area contributed by atoms with Crippen LogP contribution in [0.3, 0.4) is 0 Å². The highest BCUT2D eigenvalue weighted by Crippen LogP contribution is 2.26. The first kappa shape index (κ1) is 23.0. The summed E-state index contributed by atoms with van der Waals surface area (Å²) in [6.45, 7) is 2.35. The van der Waals surface area contributed by atoms with Crippen molar-refractivity contribution in [3.8, 4) is 6.07 Å². The number of anilines is 1. The normalized spacial score (nSPS) is 19.6. The number of amides is 2. The Bertz CT molecular complexity index is 1060. The van der Waals surface area contributed by atoms with Crippen molar-refractivity contribution in [3.05, 3.63) is 11.1 Å². The number of nitrogens with zero attached hydrogens (tertiary/aromatic N) is 4. The van der Waals surface area contributed by atoms with Gasteiger partial charge in [-0.2, -0.15) is 13.7 Å². The second kappa shape index (κ2) is 8.22. The van der Waals surface area contributed by atoms with Crippen LogP contribution in [-0.2, 0) is 29.5 Å². The summed E-state index contributed by atoms with van der Waals surface area (Å²) < 4.78 is 31.8. The average molecular weight is 460 g/mol. The molecule has 2 rings (SSSR count). The van der Waals surface area contributed by atoms with Gasteiger partial charge in [-0.1, -0.05) is 5.16 Å². The Morgan fingerprint density at radius 2 is 2.17 bits per heavy atom. The lowest BCUT2D eigenvalue weighted by molar-refractivity contribution is -0.161. The number of hydrogen-bond acceptors (Lipinski definition) is 11. The molecule has 1 fully saturated rings. The first-order chi connectivity index (χ1) is 13.8. The molecule has 2 atom stereocenters. The summed E-state index contributed by atoms with van der Waals surface area (Å²) in [5.74, 6) is -3.62. The second-order valence-corrected chi connectivity index (χ2v) is 8.59. The summed E-state index contributed by atoms with van der Waals surface area (Å²) in [5, 5.41) is 25.0. The van der Waals surface area contributed by atoms with E-state index >= 15 is 0 Å². The SMILES string of the molecule is CC(C)(O/N=C(\C(=O)NC1C(=O)N(S(=O)(=O)O)C1CC#N)c1csc(N)n1)C(=O)O. The van der Waals surface area contributed by atoms with Crippen molar-refractivity contribution < 1.29 is 37.3 Å². The van der Waals surface area contributed by atoms with Gasteiger partial charge in [0, 0.05) is 5.38 Å². The van der Waals surface area contributed by atoms with Gasteiger partial charge in [-0.05, 0) is 13.8 Å². The molecular formula is C14H16N6O8S2. The van der Waals surface area contributed by atoms with Crippen molar-refractivity contribution >= 4 is 50.3 Å². The summed E-state index contributed by atoms with van der Waals surface area (Å²) in [6, 6.07) is -1.16. The molecule has 14 nitrogen and oxygen atoms in total. The molecule has 0 radical (unpaired) electrons. The molecule has 1 aromatic rings. The van der Waals surface area contributed by atoms with Crippen LogP contribution in [0, 0.1) is 11.3 Å². The number of thiazole rings is 1. The fraction of sp³-hybridized carbons (Fsp3) is 0.429. The lowest BCUT2D eigenvalue weighted by Gasteiger charge is -2.43. The molecular weight excluding hydrogens is 444 g/mol. The predicted octanol–water partition coefficient (Wildman–Crippen LogP) is -1.28. The van der Waals surface area contributed by atoms with Crippen molar-refractivity contribution in [1.29, 1.82) is 5.26 Å². The van der Waals surface area contributed by atoms with E-state index in [0.29, 0.717) is 0 Å². The van der Waals surface area contributed by atoms with Crippen LogP contribution in [0.25, 0.3) is 0 Å². The highest BCUT2D eigenvalue weighted by atomic mass is 32.2. The van der Waals surface area contributed by atoms with E-state index in [-0.39, 0.29) is 15.1 Å². The molecule has 162 valence electrons. The van der Waals surface area contributed by atoms with Gasteiger partial charge in [-0.25, -0.2) is 14.1 Å². The van der Waals surface area contributed by atoms with Crippen molar-refractivity contribution in [2.45, 2.75) is 38.0 Å². The molecule has 1 saturated heterocycles. The number of aliphatic carboxylic acids is 1. The van der Waals surface area contributed by atoms with Crippen molar-refractivity contribution in [3.63, 3.8) is 0 Å². The minimum Gasteiger partial charge on any atom is -0.478 e. The Morgan fingerprint density at radius 1 is 1.53 bits per heavy atom. The molecule has 1 aromatic heterocycles. The number of aromatic nitrogens is 1. The number of carboxylic acid groups (broad SMARTS) is 1. The van der Waals surface area contributed by atoms with Crippen LogP contribution < -0.4 is 11.1 Å². The van der Waals surface area contributed by atoms with E-state index in [1.807, 2.05) is 0 Å². The predicted molar refractivity (Wildman–Crippen MR) is 100 cm³/mol. The topological polar surface area (TPSA) is 225 Å². The third-order valence-corrected chi connectivity index (χ3v) is 5.49. The zero-order chi connectivity index (χ0) is 22.9. The van der Waals surface area contributed by atoms with Gasteiger partial charge in [0.1, 0.15) is 11.7 Å². The minimum absolute atomic E-state index is 0.0580. The average Bonchev–Trinajstić information content (AvgIpc) is 3.04. The number of oxime groups is 1. The summed E-state index contributed by atoms with van der Waals surface area (Å²) >= 11 is 0.945. The maximum absolute atomic E-state index is 12.7. The lowest BCUT2D eigenvalue weighted by Crippen LogP contribution is -2.72. The van der Waals surface area contributed by atoms with Crippen LogP contribution in [0.2, 0.25) is 0 Å². The van der Waals surface area contributed by atoms with Crippen molar-refractivity contribution in [2.24, 2.45) is 5.16 Å². The lowest BCUT2D eigenvalue weighted by atomic mass is 9.96. The largest absolute Gasteiger partial charge is 0.478 e. The number of nitriles is 1. The van der Waals surface area contributed by atoms with E-state index in [9.17, 15) is 22.8 Å². The van der Waals surface area contributed by atoms with E-state index in [1.165, 1.54) is 19.2 Å². The van der Waals surface area contributed by atoms with Gasteiger partial charge in [0.2, 0.25) is 5.60 Å². The van der Waals surface area contributed by atoms with Gasteiger partial charge in [-0.3, -0.25) is 14.1 Å². The number of carbonyl (C=O) groups excluding carboxylic acids is 2. The third kappa shape index (κ3) is 4.64. The maximum atomic E-state index is 12.7. The fourth-order valence-corrected chi connectivity index (χ4v) is 3.69. The molecule has 0 bridgehead atoms. The molecule has 30 heavy (non-hydrogen) atoms. The third-order valence-electron chi connectivity index (χ3n) is 3.86. The summed E-state index contributed by atoms with van der Waals surface area (Å²) in [6.07, 6.45) is -0.505. The van der Waals surface area contributed by atoms with Crippen LogP contribution >= 0.6 is 11.3 Å². The van der Waals surface area contributed by atoms with Crippen molar-refractivity contribution in [1.82, 2.24) is 14.6 Å². The number of nitrogens with one attached hydrogen (secondary N) is 1. The molecule has 0 aromatic carbocycles. The van der Waals surface area contributed by atoms with Gasteiger partial charge >= 0.3 is 16.3 Å². The number of carboxylic acids is 1. The smallest absolute Gasteiger partial charge is 0.362 e. The van der Waals surface area contributed by atoms with Crippen LogP contribution in [0.4, 0.5) is 5.13 Å². The van der Waals surface area contributed by atoms with Crippen LogP contribution in [0.5, 0.6) is 0 Å². The zero-order valence-electron chi connectivity index (χ0n) is 15.5. The van der Waals surface area contributed by atoms with E-state index in [1.54, 1.807) is 6.07 Å². The molecule has 2 amide bonds. The molecule has 5 N–H and O–H groups in total.